The normalized spacial score (nSPS) is 10.8. The Bertz CT molecular complexity index is 698. The number of halogens is 1. The highest BCUT2D eigenvalue weighted by Gasteiger charge is 2.05. The largest absolute Gasteiger partial charge is 0.478 e. The van der Waals surface area contributed by atoms with Crippen molar-refractivity contribution >= 4 is 29.9 Å². The van der Waals surface area contributed by atoms with Crippen molar-refractivity contribution in [3.8, 4) is 5.88 Å². The topological polar surface area (TPSA) is 58.5 Å². The van der Waals surface area contributed by atoms with Crippen molar-refractivity contribution in [3.63, 3.8) is 0 Å². The average Bonchev–Trinajstić information content (AvgIpc) is 2.58. The molecule has 2 rings (SSSR count). The fourth-order valence-corrected chi connectivity index (χ4v) is 2.76. The van der Waals surface area contributed by atoms with Crippen LogP contribution in [0.3, 0.4) is 0 Å². The summed E-state index contributed by atoms with van der Waals surface area (Å²) in [7, 11) is 1.78. The molecule has 0 fully saturated rings. The smallest absolute Gasteiger partial charge is 0.218 e. The molecule has 26 heavy (non-hydrogen) atoms. The minimum Gasteiger partial charge on any atom is -0.478 e. The molecule has 0 spiro atoms. The summed E-state index contributed by atoms with van der Waals surface area (Å²) in [6.07, 6.45) is 2.70. The maximum atomic E-state index is 5.55. The molecule has 2 aromatic rings. The third-order valence-corrected chi connectivity index (χ3v) is 3.79. The number of aliphatic imine (C=N–C) groups is 1. The van der Waals surface area contributed by atoms with Gasteiger partial charge in [-0.3, -0.25) is 4.99 Å². The molecule has 1 aromatic heterocycles. The minimum atomic E-state index is 0. The van der Waals surface area contributed by atoms with Crippen LogP contribution in [0.4, 0.5) is 0 Å². The number of hydrogen-bond acceptors (Lipinski definition) is 3. The Morgan fingerprint density at radius 2 is 1.88 bits per heavy atom. The summed E-state index contributed by atoms with van der Waals surface area (Å²) >= 11 is 0. The Morgan fingerprint density at radius 3 is 2.54 bits per heavy atom. The van der Waals surface area contributed by atoms with Gasteiger partial charge in [0.2, 0.25) is 5.88 Å². The standard InChI is InChI=1S/C20H28N4O.HI/c1-5-25-19-18(7-6-9-22-19)14-24-20(21-4)23-10-8-17-12-15(2)11-16(3)13-17;/h6-7,9,11-13H,5,8,10,14H2,1-4H3,(H2,21,23,24);1H. The van der Waals surface area contributed by atoms with Gasteiger partial charge in [-0.25, -0.2) is 4.98 Å². The summed E-state index contributed by atoms with van der Waals surface area (Å²) in [5.74, 6) is 1.44. The first-order valence-corrected chi connectivity index (χ1v) is 8.70. The summed E-state index contributed by atoms with van der Waals surface area (Å²) < 4.78 is 5.55. The molecule has 6 heteroatoms. The van der Waals surface area contributed by atoms with Gasteiger partial charge in [0, 0.05) is 31.9 Å². The van der Waals surface area contributed by atoms with Crippen LogP contribution in [-0.2, 0) is 13.0 Å². The zero-order chi connectivity index (χ0) is 18.1. The van der Waals surface area contributed by atoms with E-state index in [-0.39, 0.29) is 24.0 Å². The predicted molar refractivity (Wildman–Crippen MR) is 119 cm³/mol. The van der Waals surface area contributed by atoms with E-state index in [1.807, 2.05) is 19.1 Å². The molecule has 0 saturated heterocycles. The fourth-order valence-electron chi connectivity index (χ4n) is 2.76. The summed E-state index contributed by atoms with van der Waals surface area (Å²) in [5.41, 5.74) is 4.96. The monoisotopic (exact) mass is 468 g/mol. The van der Waals surface area contributed by atoms with Gasteiger partial charge in [-0.15, -0.1) is 24.0 Å². The first-order chi connectivity index (χ1) is 12.1. The fraction of sp³-hybridized carbons (Fsp3) is 0.400. The van der Waals surface area contributed by atoms with Gasteiger partial charge < -0.3 is 15.4 Å². The molecule has 0 bridgehead atoms. The van der Waals surface area contributed by atoms with E-state index < -0.39 is 0 Å². The molecular weight excluding hydrogens is 439 g/mol. The predicted octanol–water partition coefficient (Wildman–Crippen LogP) is 3.62. The van der Waals surface area contributed by atoms with E-state index in [4.69, 9.17) is 4.74 Å². The SMILES string of the molecule is CCOc1ncccc1CNC(=NC)NCCc1cc(C)cc(C)c1.I. The number of nitrogens with one attached hydrogen (secondary N) is 2. The van der Waals surface area contributed by atoms with E-state index in [9.17, 15) is 0 Å². The van der Waals surface area contributed by atoms with Gasteiger partial charge >= 0.3 is 0 Å². The van der Waals surface area contributed by atoms with Crippen LogP contribution in [-0.4, -0.2) is 31.1 Å². The molecular formula is C20H29IN4O. The number of pyridine rings is 1. The number of guanidine groups is 1. The van der Waals surface area contributed by atoms with Crippen LogP contribution in [0.25, 0.3) is 0 Å². The van der Waals surface area contributed by atoms with Crippen LogP contribution in [0.15, 0.2) is 41.5 Å². The molecule has 0 atom stereocenters. The van der Waals surface area contributed by atoms with Crippen LogP contribution in [0, 0.1) is 13.8 Å². The lowest BCUT2D eigenvalue weighted by atomic mass is 10.1. The Hall–Kier alpha value is -1.83. The molecule has 0 amide bonds. The molecule has 0 aliphatic rings. The van der Waals surface area contributed by atoms with Gasteiger partial charge in [0.15, 0.2) is 5.96 Å². The highest BCUT2D eigenvalue weighted by Crippen LogP contribution is 2.13. The maximum absolute atomic E-state index is 5.55. The Balaban J connectivity index is 0.00000338. The van der Waals surface area contributed by atoms with E-state index in [1.165, 1.54) is 16.7 Å². The van der Waals surface area contributed by atoms with Crippen LogP contribution < -0.4 is 15.4 Å². The van der Waals surface area contributed by atoms with Crippen LogP contribution in [0.5, 0.6) is 5.88 Å². The number of hydrogen-bond donors (Lipinski definition) is 2. The van der Waals surface area contributed by atoms with Gasteiger partial charge in [0.25, 0.3) is 0 Å². The lowest BCUT2D eigenvalue weighted by Gasteiger charge is -2.14. The molecule has 0 radical (unpaired) electrons. The van der Waals surface area contributed by atoms with Crippen LogP contribution in [0.1, 0.15) is 29.2 Å². The minimum absolute atomic E-state index is 0. The third kappa shape index (κ3) is 7.19. The highest BCUT2D eigenvalue weighted by molar-refractivity contribution is 14.0. The molecule has 1 aromatic carbocycles. The summed E-state index contributed by atoms with van der Waals surface area (Å²) in [5, 5.41) is 6.67. The number of aryl methyl sites for hydroxylation is 2. The second-order valence-electron chi connectivity index (χ2n) is 6.00. The lowest BCUT2D eigenvalue weighted by molar-refractivity contribution is 0.322. The zero-order valence-corrected chi connectivity index (χ0v) is 18.3. The van der Waals surface area contributed by atoms with Crippen molar-refractivity contribution in [1.82, 2.24) is 15.6 Å². The average molecular weight is 468 g/mol. The number of nitrogens with zero attached hydrogens (tertiary/aromatic N) is 2. The van der Waals surface area contributed by atoms with E-state index in [0.717, 1.165) is 24.5 Å². The highest BCUT2D eigenvalue weighted by atomic mass is 127. The molecule has 142 valence electrons. The van der Waals surface area contributed by atoms with Crippen molar-refractivity contribution in [2.75, 3.05) is 20.2 Å². The van der Waals surface area contributed by atoms with Crippen molar-refractivity contribution in [2.45, 2.75) is 33.7 Å². The number of aromatic nitrogens is 1. The quantitative estimate of drug-likeness (QED) is 0.370. The Kier molecular flexibility index (Phi) is 10.0. The first kappa shape index (κ1) is 22.2. The lowest BCUT2D eigenvalue weighted by Crippen LogP contribution is -2.38. The van der Waals surface area contributed by atoms with Gasteiger partial charge in [0.05, 0.1) is 6.61 Å². The van der Waals surface area contributed by atoms with E-state index >= 15 is 0 Å². The molecule has 0 aliphatic carbocycles. The Labute approximate surface area is 173 Å². The summed E-state index contributed by atoms with van der Waals surface area (Å²) in [4.78, 5) is 8.55. The van der Waals surface area contributed by atoms with Gasteiger partial charge in [-0.1, -0.05) is 35.4 Å². The van der Waals surface area contributed by atoms with E-state index in [0.29, 0.717) is 19.0 Å². The second kappa shape index (κ2) is 11.7. The van der Waals surface area contributed by atoms with Crippen molar-refractivity contribution in [3.05, 3.63) is 58.8 Å². The van der Waals surface area contributed by atoms with Crippen molar-refractivity contribution in [2.24, 2.45) is 4.99 Å². The van der Waals surface area contributed by atoms with Crippen LogP contribution >= 0.6 is 24.0 Å². The summed E-state index contributed by atoms with van der Waals surface area (Å²) in [6, 6.07) is 10.6. The molecule has 1 heterocycles. The number of ether oxygens (including phenoxy) is 1. The molecule has 2 N–H and O–H groups in total. The van der Waals surface area contributed by atoms with Gasteiger partial charge in [-0.05, 0) is 38.8 Å². The second-order valence-corrected chi connectivity index (χ2v) is 6.00. The molecule has 0 saturated carbocycles. The van der Waals surface area contributed by atoms with Gasteiger partial charge in [0.1, 0.15) is 0 Å². The van der Waals surface area contributed by atoms with E-state index in [1.54, 1.807) is 13.2 Å². The zero-order valence-electron chi connectivity index (χ0n) is 16.0. The van der Waals surface area contributed by atoms with Gasteiger partial charge in [-0.2, -0.15) is 0 Å². The number of rotatable bonds is 7. The number of benzene rings is 1. The molecule has 0 aliphatic heterocycles. The third-order valence-electron chi connectivity index (χ3n) is 3.79. The summed E-state index contributed by atoms with van der Waals surface area (Å²) in [6.45, 7) is 8.27. The van der Waals surface area contributed by atoms with Crippen molar-refractivity contribution < 1.29 is 4.74 Å². The maximum Gasteiger partial charge on any atom is 0.218 e. The van der Waals surface area contributed by atoms with Crippen LogP contribution in [0.2, 0.25) is 0 Å². The molecule has 5 nitrogen and oxygen atoms in total. The van der Waals surface area contributed by atoms with E-state index in [2.05, 4.69) is 52.7 Å². The molecule has 0 unspecified atom stereocenters. The van der Waals surface area contributed by atoms with Crippen molar-refractivity contribution in [1.29, 1.82) is 0 Å². The Morgan fingerprint density at radius 1 is 1.15 bits per heavy atom. The first-order valence-electron chi connectivity index (χ1n) is 8.70.